The molecular formula is C10H9N3O2S3. The van der Waals surface area contributed by atoms with Gasteiger partial charge in [0.15, 0.2) is 8.68 Å². The lowest BCUT2D eigenvalue weighted by Gasteiger charge is -2.03. The molecular weight excluding hydrogens is 290 g/mol. The van der Waals surface area contributed by atoms with E-state index < -0.39 is 5.97 Å². The van der Waals surface area contributed by atoms with Crippen molar-refractivity contribution in [2.45, 2.75) is 13.6 Å². The topological polar surface area (TPSA) is 89.1 Å². The fraction of sp³-hybridized carbons (Fsp3) is 0.100. The quantitative estimate of drug-likeness (QED) is 0.662. The van der Waals surface area contributed by atoms with Crippen molar-refractivity contribution in [2.24, 2.45) is 0 Å². The maximum Gasteiger partial charge on any atom is 0.337 e. The molecule has 1 heterocycles. The number of aromatic nitrogens is 2. The van der Waals surface area contributed by atoms with E-state index in [0.717, 1.165) is 13.6 Å². The number of anilines is 1. The number of hydrogen-bond acceptors (Lipinski definition) is 7. The molecule has 2 aromatic rings. The Kier molecular flexibility index (Phi) is 4.10. The van der Waals surface area contributed by atoms with Gasteiger partial charge in [-0.15, -0.1) is 10.2 Å². The summed E-state index contributed by atoms with van der Waals surface area (Å²) in [6.07, 6.45) is 1.93. The third kappa shape index (κ3) is 2.95. The van der Waals surface area contributed by atoms with Crippen LogP contribution in [-0.2, 0) is 0 Å². The Morgan fingerprint density at radius 3 is 2.72 bits per heavy atom. The number of nitrogens with two attached hydrogens (primary N) is 1. The third-order valence-corrected chi connectivity index (χ3v) is 4.96. The Labute approximate surface area is 116 Å². The second-order valence-electron chi connectivity index (χ2n) is 3.19. The van der Waals surface area contributed by atoms with Gasteiger partial charge in [0.2, 0.25) is 0 Å². The molecule has 0 aliphatic carbocycles. The lowest BCUT2D eigenvalue weighted by molar-refractivity contribution is 0.0698. The van der Waals surface area contributed by atoms with Gasteiger partial charge >= 0.3 is 5.97 Å². The van der Waals surface area contributed by atoms with Crippen LogP contribution in [0.2, 0.25) is 0 Å². The fourth-order valence-electron chi connectivity index (χ4n) is 1.21. The molecule has 0 aliphatic heterocycles. The van der Waals surface area contributed by atoms with Crippen molar-refractivity contribution in [1.82, 2.24) is 10.2 Å². The number of benzene rings is 1. The molecule has 94 valence electrons. The molecule has 0 saturated carbocycles. The maximum absolute atomic E-state index is 11.0. The monoisotopic (exact) mass is 299 g/mol. The smallest absolute Gasteiger partial charge is 0.337 e. The van der Waals surface area contributed by atoms with Crippen LogP contribution in [0, 0.1) is 0 Å². The minimum Gasteiger partial charge on any atom is -0.478 e. The number of nitrogen functional groups attached to an aromatic ring is 1. The summed E-state index contributed by atoms with van der Waals surface area (Å²) in [5, 5.41) is 17.0. The molecule has 0 radical (unpaired) electrons. The minimum absolute atomic E-state index is 0.106. The highest BCUT2D eigenvalue weighted by molar-refractivity contribution is 8.03. The van der Waals surface area contributed by atoms with E-state index in [1.807, 2.05) is 6.26 Å². The molecule has 0 saturated heterocycles. The van der Waals surface area contributed by atoms with Crippen molar-refractivity contribution in [3.8, 4) is 0 Å². The van der Waals surface area contributed by atoms with Gasteiger partial charge in [0, 0.05) is 10.6 Å². The Hall–Kier alpha value is -1.25. The number of aromatic carboxylic acids is 1. The van der Waals surface area contributed by atoms with E-state index in [1.165, 1.54) is 34.9 Å². The Morgan fingerprint density at radius 2 is 2.11 bits per heavy atom. The number of thioether (sulfide) groups is 1. The predicted molar refractivity (Wildman–Crippen MR) is 73.6 cm³/mol. The molecule has 0 aliphatic rings. The second-order valence-corrected chi connectivity index (χ2v) is 6.55. The van der Waals surface area contributed by atoms with Gasteiger partial charge in [-0.05, 0) is 24.5 Å². The van der Waals surface area contributed by atoms with Gasteiger partial charge in [-0.1, -0.05) is 34.9 Å². The first kappa shape index (κ1) is 13.2. The Morgan fingerprint density at radius 1 is 1.39 bits per heavy atom. The SMILES string of the molecule is CSc1nnc(Sc2ccc(N)c(C(=O)O)c2)s1. The average molecular weight is 299 g/mol. The molecule has 8 heteroatoms. The Bertz CT molecular complexity index is 585. The van der Waals surface area contributed by atoms with E-state index in [2.05, 4.69) is 10.2 Å². The molecule has 2 rings (SSSR count). The van der Waals surface area contributed by atoms with Crippen LogP contribution >= 0.6 is 34.9 Å². The lowest BCUT2D eigenvalue weighted by Crippen LogP contribution is -2.01. The third-order valence-electron chi connectivity index (χ3n) is 2.02. The lowest BCUT2D eigenvalue weighted by atomic mass is 10.2. The number of carbonyl (C=O) groups is 1. The van der Waals surface area contributed by atoms with Crippen LogP contribution in [0.25, 0.3) is 0 Å². The van der Waals surface area contributed by atoms with Gasteiger partial charge in [-0.2, -0.15) is 0 Å². The molecule has 1 aromatic carbocycles. The summed E-state index contributed by atoms with van der Waals surface area (Å²) in [6, 6.07) is 4.90. The molecule has 18 heavy (non-hydrogen) atoms. The number of rotatable bonds is 4. The number of hydrogen-bond donors (Lipinski definition) is 2. The molecule has 1 aromatic heterocycles. The number of carboxylic acids is 1. The summed E-state index contributed by atoms with van der Waals surface area (Å²) < 4.78 is 1.66. The van der Waals surface area contributed by atoms with E-state index in [1.54, 1.807) is 18.2 Å². The number of nitrogens with zero attached hydrogens (tertiary/aromatic N) is 2. The van der Waals surface area contributed by atoms with Crippen molar-refractivity contribution < 1.29 is 9.90 Å². The Balaban J connectivity index is 2.24. The van der Waals surface area contributed by atoms with Crippen molar-refractivity contribution in [1.29, 1.82) is 0 Å². The first-order chi connectivity index (χ1) is 8.60. The zero-order valence-electron chi connectivity index (χ0n) is 9.28. The predicted octanol–water partition coefficient (Wildman–Crippen LogP) is 2.69. The van der Waals surface area contributed by atoms with Gasteiger partial charge in [0.25, 0.3) is 0 Å². The molecule has 0 fully saturated rings. The zero-order chi connectivity index (χ0) is 13.1. The van der Waals surface area contributed by atoms with E-state index in [9.17, 15) is 4.79 Å². The molecule has 0 atom stereocenters. The van der Waals surface area contributed by atoms with Gasteiger partial charge < -0.3 is 10.8 Å². The van der Waals surface area contributed by atoms with Crippen LogP contribution in [0.3, 0.4) is 0 Å². The van der Waals surface area contributed by atoms with Crippen molar-refractivity contribution in [2.75, 3.05) is 12.0 Å². The molecule has 5 nitrogen and oxygen atoms in total. The summed E-state index contributed by atoms with van der Waals surface area (Å²) in [4.78, 5) is 11.7. The van der Waals surface area contributed by atoms with Crippen LogP contribution in [-0.4, -0.2) is 27.5 Å². The summed E-state index contributed by atoms with van der Waals surface area (Å²) in [6.45, 7) is 0. The summed E-state index contributed by atoms with van der Waals surface area (Å²) in [5.41, 5.74) is 5.95. The fourth-order valence-corrected chi connectivity index (χ4v) is 3.66. The molecule has 3 N–H and O–H groups in total. The molecule has 0 spiro atoms. The van der Waals surface area contributed by atoms with Crippen molar-refractivity contribution in [3.63, 3.8) is 0 Å². The zero-order valence-corrected chi connectivity index (χ0v) is 11.7. The van der Waals surface area contributed by atoms with Crippen LogP contribution in [0.5, 0.6) is 0 Å². The number of carboxylic acid groups (broad SMARTS) is 1. The van der Waals surface area contributed by atoms with E-state index in [4.69, 9.17) is 10.8 Å². The average Bonchev–Trinajstić information content (AvgIpc) is 2.79. The van der Waals surface area contributed by atoms with Crippen LogP contribution < -0.4 is 5.73 Å². The molecule has 0 bridgehead atoms. The summed E-state index contributed by atoms with van der Waals surface area (Å²) in [5.74, 6) is -1.03. The summed E-state index contributed by atoms with van der Waals surface area (Å²) >= 11 is 4.38. The van der Waals surface area contributed by atoms with Gasteiger partial charge in [-0.3, -0.25) is 0 Å². The summed E-state index contributed by atoms with van der Waals surface area (Å²) in [7, 11) is 0. The highest BCUT2D eigenvalue weighted by atomic mass is 32.2. The van der Waals surface area contributed by atoms with Crippen LogP contribution in [0.1, 0.15) is 10.4 Å². The van der Waals surface area contributed by atoms with E-state index >= 15 is 0 Å². The van der Waals surface area contributed by atoms with Crippen LogP contribution in [0.4, 0.5) is 5.69 Å². The van der Waals surface area contributed by atoms with E-state index in [0.29, 0.717) is 0 Å². The minimum atomic E-state index is -1.03. The highest BCUT2D eigenvalue weighted by Crippen LogP contribution is 2.33. The highest BCUT2D eigenvalue weighted by Gasteiger charge is 2.11. The first-order valence-corrected chi connectivity index (χ1v) is 7.64. The largest absolute Gasteiger partial charge is 0.478 e. The van der Waals surface area contributed by atoms with Crippen molar-refractivity contribution in [3.05, 3.63) is 23.8 Å². The van der Waals surface area contributed by atoms with Gasteiger partial charge in [0.1, 0.15) is 0 Å². The molecule has 0 amide bonds. The van der Waals surface area contributed by atoms with Crippen LogP contribution in [0.15, 0.2) is 31.8 Å². The standard InChI is InChI=1S/C10H9N3O2S3/c1-16-9-12-13-10(18-9)17-5-2-3-7(11)6(4-5)8(14)15/h2-4H,11H2,1H3,(H,14,15). The maximum atomic E-state index is 11.0. The van der Waals surface area contributed by atoms with Gasteiger partial charge in [-0.25, -0.2) is 4.79 Å². The van der Waals surface area contributed by atoms with Gasteiger partial charge in [0.05, 0.1) is 5.56 Å². The van der Waals surface area contributed by atoms with E-state index in [-0.39, 0.29) is 11.3 Å². The van der Waals surface area contributed by atoms with Crippen molar-refractivity contribution >= 4 is 46.5 Å². The first-order valence-electron chi connectivity index (χ1n) is 4.78. The normalized spacial score (nSPS) is 10.5. The second kappa shape index (κ2) is 5.59. The molecule has 0 unspecified atom stereocenters.